The average molecular weight is 751 g/mol. The van der Waals surface area contributed by atoms with Crippen molar-refractivity contribution in [3.05, 3.63) is 85.1 Å². The second-order valence-electron chi connectivity index (χ2n) is 14.0. The van der Waals surface area contributed by atoms with Gasteiger partial charge in [0.05, 0.1) is 0 Å². The molecule has 6 heteroatoms. The second kappa shape index (κ2) is 42.3. The largest absolute Gasteiger partial charge is 0.462 e. The highest BCUT2D eigenvalue weighted by molar-refractivity contribution is 5.71. The molecule has 6 nitrogen and oxygen atoms in total. The molecule has 54 heavy (non-hydrogen) atoms. The van der Waals surface area contributed by atoms with Crippen molar-refractivity contribution < 1.29 is 28.6 Å². The number of carbonyl (C=O) groups excluding carboxylic acids is 3. The van der Waals surface area contributed by atoms with E-state index in [0.29, 0.717) is 19.3 Å². The first-order valence-electron chi connectivity index (χ1n) is 21.7. The van der Waals surface area contributed by atoms with Crippen molar-refractivity contribution in [1.82, 2.24) is 0 Å². The van der Waals surface area contributed by atoms with Crippen molar-refractivity contribution in [3.8, 4) is 0 Å². The summed E-state index contributed by atoms with van der Waals surface area (Å²) in [5, 5.41) is 0. The average Bonchev–Trinajstić information content (AvgIpc) is 3.17. The first-order chi connectivity index (χ1) is 26.5. The summed E-state index contributed by atoms with van der Waals surface area (Å²) in [6.07, 6.45) is 53.0. The number of carbonyl (C=O) groups is 3. The van der Waals surface area contributed by atoms with Crippen LogP contribution in [0, 0.1) is 0 Å². The van der Waals surface area contributed by atoms with Gasteiger partial charge < -0.3 is 14.2 Å². The molecule has 0 aromatic heterocycles. The fraction of sp³-hybridized carbons (Fsp3) is 0.646. The van der Waals surface area contributed by atoms with Gasteiger partial charge in [-0.25, -0.2) is 0 Å². The number of hydrogen-bond donors (Lipinski definition) is 0. The number of allylic oxidation sites excluding steroid dienone is 14. The third-order valence-corrected chi connectivity index (χ3v) is 8.77. The highest BCUT2D eigenvalue weighted by atomic mass is 16.6. The van der Waals surface area contributed by atoms with E-state index < -0.39 is 12.1 Å². The van der Waals surface area contributed by atoms with E-state index in [1.807, 2.05) is 54.7 Å². The van der Waals surface area contributed by atoms with Crippen LogP contribution in [-0.2, 0) is 28.6 Å². The molecule has 306 valence electrons. The van der Waals surface area contributed by atoms with Crippen LogP contribution in [0.3, 0.4) is 0 Å². The molecule has 0 aromatic rings. The zero-order chi connectivity index (χ0) is 39.4. The molecule has 1 unspecified atom stereocenters. The van der Waals surface area contributed by atoms with Gasteiger partial charge in [-0.2, -0.15) is 0 Å². The van der Waals surface area contributed by atoms with Gasteiger partial charge in [0.15, 0.2) is 6.10 Å². The Balaban J connectivity index is 4.51. The van der Waals surface area contributed by atoms with Crippen LogP contribution in [0.15, 0.2) is 85.1 Å². The molecule has 0 aliphatic rings. The number of rotatable bonds is 37. The standard InChI is InChI=1S/C48H78O6/c1-4-7-10-13-16-19-21-23-25-26-29-32-35-38-41-47(50)53-44-45(43-52-46(49)40-37-34-31-28-18-15-12-9-6-3)54-48(51)42-39-36-33-30-27-24-22-20-17-14-11-8-5-2/h8-9,11-12,14,17-18,20,22,24,27-28,30,33,45H,4-7,10,13,15-16,19,21,23,25-26,29,31-32,34-44H2,1-3H3/b11-8-,12-9-,17-14-,22-20-,27-24-,28-18-,33-30-. The molecule has 0 fully saturated rings. The summed E-state index contributed by atoms with van der Waals surface area (Å²) in [5.41, 5.74) is 0. The SMILES string of the molecule is CC\C=C/C=C\C=C/C=C\C=C/CCCC(=O)OC(COC(=O)CCCC/C=C\C/C=C\CC)COC(=O)CCCCCCCCCCCCCCCC. The van der Waals surface area contributed by atoms with E-state index in [0.717, 1.165) is 64.2 Å². The van der Waals surface area contributed by atoms with Crippen molar-refractivity contribution in [2.24, 2.45) is 0 Å². The first kappa shape index (κ1) is 50.6. The monoisotopic (exact) mass is 751 g/mol. The Labute approximate surface area is 331 Å². The molecule has 0 amide bonds. The fourth-order valence-corrected chi connectivity index (χ4v) is 5.57. The van der Waals surface area contributed by atoms with Gasteiger partial charge in [-0.3, -0.25) is 14.4 Å². The van der Waals surface area contributed by atoms with Crippen LogP contribution in [0.25, 0.3) is 0 Å². The minimum Gasteiger partial charge on any atom is -0.462 e. The zero-order valence-corrected chi connectivity index (χ0v) is 34.7. The van der Waals surface area contributed by atoms with Crippen LogP contribution < -0.4 is 0 Å². The van der Waals surface area contributed by atoms with Gasteiger partial charge in [-0.1, -0.05) is 189 Å². The smallest absolute Gasteiger partial charge is 0.306 e. The minimum atomic E-state index is -0.822. The summed E-state index contributed by atoms with van der Waals surface area (Å²) in [6, 6.07) is 0. The maximum atomic E-state index is 12.6. The molecule has 0 N–H and O–H groups in total. The van der Waals surface area contributed by atoms with E-state index in [9.17, 15) is 14.4 Å². The molecule has 0 aliphatic heterocycles. The summed E-state index contributed by atoms with van der Waals surface area (Å²) in [5.74, 6) is -1.04. The third-order valence-electron chi connectivity index (χ3n) is 8.77. The predicted molar refractivity (Wildman–Crippen MR) is 228 cm³/mol. The van der Waals surface area contributed by atoms with Gasteiger partial charge in [-0.05, 0) is 57.8 Å². The quantitative estimate of drug-likeness (QED) is 0.0207. The summed E-state index contributed by atoms with van der Waals surface area (Å²) in [4.78, 5) is 37.6. The molecular weight excluding hydrogens is 673 g/mol. The normalized spacial score (nSPS) is 12.9. The van der Waals surface area contributed by atoms with Crippen LogP contribution in [0.4, 0.5) is 0 Å². The molecule has 0 saturated heterocycles. The topological polar surface area (TPSA) is 78.9 Å². The van der Waals surface area contributed by atoms with Crippen LogP contribution >= 0.6 is 0 Å². The van der Waals surface area contributed by atoms with Crippen LogP contribution in [-0.4, -0.2) is 37.2 Å². The number of unbranched alkanes of at least 4 members (excludes halogenated alkanes) is 16. The third kappa shape index (κ3) is 39.8. The van der Waals surface area contributed by atoms with Gasteiger partial charge in [0.2, 0.25) is 0 Å². The molecule has 0 heterocycles. The van der Waals surface area contributed by atoms with E-state index in [2.05, 4.69) is 51.2 Å². The zero-order valence-electron chi connectivity index (χ0n) is 34.7. The molecular formula is C48H78O6. The van der Waals surface area contributed by atoms with E-state index >= 15 is 0 Å². The molecule has 0 aromatic carbocycles. The van der Waals surface area contributed by atoms with E-state index in [4.69, 9.17) is 14.2 Å². The van der Waals surface area contributed by atoms with Gasteiger partial charge in [-0.15, -0.1) is 0 Å². The van der Waals surface area contributed by atoms with E-state index in [1.165, 1.54) is 70.6 Å². The lowest BCUT2D eigenvalue weighted by atomic mass is 10.0. The van der Waals surface area contributed by atoms with Crippen molar-refractivity contribution in [2.45, 2.75) is 187 Å². The molecule has 1 atom stereocenters. The predicted octanol–water partition coefficient (Wildman–Crippen LogP) is 13.7. The Morgan fingerprint density at radius 1 is 0.407 bits per heavy atom. The number of hydrogen-bond acceptors (Lipinski definition) is 6. The van der Waals surface area contributed by atoms with E-state index in [-0.39, 0.29) is 31.6 Å². The maximum absolute atomic E-state index is 12.6. The molecule has 0 rings (SSSR count). The molecule has 0 saturated carbocycles. The molecule has 0 aliphatic carbocycles. The Morgan fingerprint density at radius 2 is 0.833 bits per heavy atom. The van der Waals surface area contributed by atoms with Crippen LogP contribution in [0.2, 0.25) is 0 Å². The van der Waals surface area contributed by atoms with Gasteiger partial charge >= 0.3 is 17.9 Å². The Morgan fingerprint density at radius 3 is 1.37 bits per heavy atom. The van der Waals surface area contributed by atoms with Crippen molar-refractivity contribution >= 4 is 17.9 Å². The van der Waals surface area contributed by atoms with Crippen molar-refractivity contribution in [2.75, 3.05) is 13.2 Å². The van der Waals surface area contributed by atoms with Gasteiger partial charge in [0, 0.05) is 19.3 Å². The summed E-state index contributed by atoms with van der Waals surface area (Å²) >= 11 is 0. The molecule has 0 radical (unpaired) electrons. The highest BCUT2D eigenvalue weighted by Gasteiger charge is 2.19. The van der Waals surface area contributed by atoms with Crippen LogP contribution in [0.1, 0.15) is 181 Å². The highest BCUT2D eigenvalue weighted by Crippen LogP contribution is 2.14. The molecule has 0 bridgehead atoms. The number of ether oxygens (including phenoxy) is 3. The molecule has 0 spiro atoms. The fourth-order valence-electron chi connectivity index (χ4n) is 5.57. The minimum absolute atomic E-state index is 0.115. The summed E-state index contributed by atoms with van der Waals surface area (Å²) in [7, 11) is 0. The van der Waals surface area contributed by atoms with Gasteiger partial charge in [0.25, 0.3) is 0 Å². The van der Waals surface area contributed by atoms with Crippen molar-refractivity contribution in [1.29, 1.82) is 0 Å². The Bertz CT molecular complexity index is 1090. The van der Waals surface area contributed by atoms with Gasteiger partial charge in [0.1, 0.15) is 13.2 Å². The van der Waals surface area contributed by atoms with E-state index in [1.54, 1.807) is 0 Å². The van der Waals surface area contributed by atoms with Crippen molar-refractivity contribution in [3.63, 3.8) is 0 Å². The van der Waals surface area contributed by atoms with Crippen LogP contribution in [0.5, 0.6) is 0 Å². The Kier molecular flexibility index (Phi) is 39.7. The first-order valence-corrected chi connectivity index (χ1v) is 21.7. The Hall–Kier alpha value is -3.41. The lowest BCUT2D eigenvalue weighted by molar-refractivity contribution is -0.167. The lowest BCUT2D eigenvalue weighted by Crippen LogP contribution is -2.30. The lowest BCUT2D eigenvalue weighted by Gasteiger charge is -2.18. The summed E-state index contributed by atoms with van der Waals surface area (Å²) < 4.78 is 16.6. The maximum Gasteiger partial charge on any atom is 0.306 e. The summed E-state index contributed by atoms with van der Waals surface area (Å²) in [6.45, 7) is 6.25. The number of esters is 3. The second-order valence-corrected chi connectivity index (χ2v) is 14.0.